The fraction of sp³-hybridized carbons (Fsp3) is 0.115. The summed E-state index contributed by atoms with van der Waals surface area (Å²) in [5, 5.41) is 9.50. The van der Waals surface area contributed by atoms with E-state index in [0.29, 0.717) is 16.9 Å². The minimum atomic E-state index is -1.34. The molecule has 4 rings (SSSR count). The standard InChI is InChI=1S/C26H19ClFNO4/c1-33-23-9-6-17(16-4-2-5-18(12-16)25(31)32)13-19(23)15-26(10-3-11-29-26)24(30)21-8-7-20(27)14-22(21)28/h2-14H,15H2,1H3,(H,31,32). The Kier molecular flexibility index (Phi) is 6.11. The molecule has 0 radical (unpaired) electrons. The fourth-order valence-corrected chi connectivity index (χ4v) is 4.02. The van der Waals surface area contributed by atoms with Crippen LogP contribution in [-0.4, -0.2) is 35.7 Å². The van der Waals surface area contributed by atoms with E-state index < -0.39 is 23.1 Å². The summed E-state index contributed by atoms with van der Waals surface area (Å²) in [6.45, 7) is 0. The van der Waals surface area contributed by atoms with Crippen molar-refractivity contribution >= 4 is 29.6 Å². The van der Waals surface area contributed by atoms with Gasteiger partial charge in [0.05, 0.1) is 18.2 Å². The molecule has 0 spiro atoms. The molecule has 1 heterocycles. The highest BCUT2D eigenvalue weighted by atomic mass is 35.5. The van der Waals surface area contributed by atoms with Gasteiger partial charge in [0.1, 0.15) is 17.1 Å². The first kappa shape index (κ1) is 22.4. The van der Waals surface area contributed by atoms with Gasteiger partial charge < -0.3 is 9.84 Å². The Hall–Kier alpha value is -3.77. The summed E-state index contributed by atoms with van der Waals surface area (Å²) in [5.41, 5.74) is 0.838. The lowest BCUT2D eigenvalue weighted by atomic mass is 9.83. The van der Waals surface area contributed by atoms with Crippen LogP contribution in [-0.2, 0) is 6.42 Å². The van der Waals surface area contributed by atoms with Crippen LogP contribution < -0.4 is 4.74 Å². The van der Waals surface area contributed by atoms with Crippen molar-refractivity contribution in [3.05, 3.63) is 100 Å². The van der Waals surface area contributed by atoms with Gasteiger partial charge >= 0.3 is 5.97 Å². The molecule has 0 amide bonds. The molecule has 1 atom stereocenters. The first-order chi connectivity index (χ1) is 15.8. The lowest BCUT2D eigenvalue weighted by Crippen LogP contribution is -2.36. The zero-order chi connectivity index (χ0) is 23.6. The Morgan fingerprint density at radius 1 is 1.09 bits per heavy atom. The van der Waals surface area contributed by atoms with E-state index in [4.69, 9.17) is 16.3 Å². The Morgan fingerprint density at radius 3 is 2.55 bits per heavy atom. The second-order valence-electron chi connectivity index (χ2n) is 7.60. The molecule has 33 heavy (non-hydrogen) atoms. The molecule has 0 saturated carbocycles. The van der Waals surface area contributed by atoms with Crippen LogP contribution in [0.4, 0.5) is 4.39 Å². The molecule has 7 heteroatoms. The van der Waals surface area contributed by atoms with Crippen molar-refractivity contribution in [2.45, 2.75) is 12.0 Å². The molecule has 1 aliphatic heterocycles. The highest BCUT2D eigenvalue weighted by Crippen LogP contribution is 2.35. The summed E-state index contributed by atoms with van der Waals surface area (Å²) in [6.07, 6.45) is 4.92. The monoisotopic (exact) mass is 463 g/mol. The third-order valence-corrected chi connectivity index (χ3v) is 5.75. The van der Waals surface area contributed by atoms with Gasteiger partial charge in [0.25, 0.3) is 0 Å². The van der Waals surface area contributed by atoms with Crippen LogP contribution in [0.25, 0.3) is 11.1 Å². The Morgan fingerprint density at radius 2 is 1.88 bits per heavy atom. The van der Waals surface area contributed by atoms with E-state index in [2.05, 4.69) is 4.99 Å². The lowest BCUT2D eigenvalue weighted by molar-refractivity contribution is 0.0696. The van der Waals surface area contributed by atoms with E-state index >= 15 is 0 Å². The van der Waals surface area contributed by atoms with Crippen molar-refractivity contribution in [3.8, 4) is 16.9 Å². The first-order valence-corrected chi connectivity index (χ1v) is 10.4. The fourth-order valence-electron chi connectivity index (χ4n) is 3.87. The van der Waals surface area contributed by atoms with Crippen LogP contribution in [0.15, 0.2) is 77.8 Å². The smallest absolute Gasteiger partial charge is 0.335 e. The number of ketones is 1. The second-order valence-corrected chi connectivity index (χ2v) is 8.04. The molecule has 0 bridgehead atoms. The number of aromatic carboxylic acids is 1. The van der Waals surface area contributed by atoms with E-state index in [-0.39, 0.29) is 22.6 Å². The predicted molar refractivity (Wildman–Crippen MR) is 125 cm³/mol. The average Bonchev–Trinajstić information content (AvgIpc) is 3.28. The van der Waals surface area contributed by atoms with Crippen LogP contribution in [0.1, 0.15) is 26.3 Å². The Balaban J connectivity index is 1.76. The minimum Gasteiger partial charge on any atom is -0.496 e. The highest BCUT2D eigenvalue weighted by molar-refractivity contribution is 6.30. The van der Waals surface area contributed by atoms with Gasteiger partial charge in [0.15, 0.2) is 5.78 Å². The second kappa shape index (κ2) is 9.00. The predicted octanol–water partition coefficient (Wildman–Crippen LogP) is 5.66. The number of ether oxygens (including phenoxy) is 1. The molecule has 0 aliphatic carbocycles. The summed E-state index contributed by atoms with van der Waals surface area (Å²) in [6, 6.07) is 15.9. The number of carboxylic acid groups (broad SMARTS) is 1. The zero-order valence-electron chi connectivity index (χ0n) is 17.6. The normalized spacial score (nSPS) is 16.7. The molecule has 1 unspecified atom stereocenters. The molecular formula is C26H19ClFNO4. The van der Waals surface area contributed by atoms with Gasteiger partial charge in [-0.25, -0.2) is 9.18 Å². The van der Waals surface area contributed by atoms with Crippen molar-refractivity contribution in [1.82, 2.24) is 0 Å². The molecule has 0 saturated heterocycles. The van der Waals surface area contributed by atoms with Crippen molar-refractivity contribution in [1.29, 1.82) is 0 Å². The van der Waals surface area contributed by atoms with Crippen molar-refractivity contribution in [2.24, 2.45) is 4.99 Å². The van der Waals surface area contributed by atoms with Gasteiger partial charge in [-0.15, -0.1) is 0 Å². The van der Waals surface area contributed by atoms with Gasteiger partial charge in [-0.2, -0.15) is 0 Å². The molecule has 3 aromatic rings. The maximum atomic E-state index is 14.5. The van der Waals surface area contributed by atoms with Gasteiger partial charge in [-0.1, -0.05) is 29.8 Å². The van der Waals surface area contributed by atoms with E-state index in [0.717, 1.165) is 11.6 Å². The Bertz CT molecular complexity index is 1300. The van der Waals surface area contributed by atoms with E-state index in [9.17, 15) is 19.1 Å². The number of hydrogen-bond donors (Lipinski definition) is 1. The maximum absolute atomic E-state index is 14.5. The third kappa shape index (κ3) is 4.43. The largest absolute Gasteiger partial charge is 0.496 e. The Labute approximate surface area is 194 Å². The van der Waals surface area contributed by atoms with Crippen LogP contribution in [0.5, 0.6) is 5.75 Å². The number of allylic oxidation sites excluding steroid dienone is 1. The number of carbonyl (C=O) groups excluding carboxylic acids is 1. The van der Waals surface area contributed by atoms with Crippen LogP contribution in [0.2, 0.25) is 5.02 Å². The number of benzene rings is 3. The molecule has 3 aromatic carbocycles. The van der Waals surface area contributed by atoms with E-state index in [1.807, 2.05) is 12.1 Å². The SMILES string of the molecule is COc1ccc(-c2cccc(C(=O)O)c2)cc1CC1(C(=O)c2ccc(Cl)cc2F)C=CC=N1. The number of hydrogen-bond acceptors (Lipinski definition) is 4. The van der Waals surface area contributed by atoms with Crippen LogP contribution >= 0.6 is 11.6 Å². The topological polar surface area (TPSA) is 76.0 Å². The third-order valence-electron chi connectivity index (χ3n) is 5.52. The number of carbonyl (C=O) groups is 2. The summed E-state index contributed by atoms with van der Waals surface area (Å²) in [5.74, 6) is -1.70. The van der Waals surface area contributed by atoms with Crippen LogP contribution in [0.3, 0.4) is 0 Å². The molecule has 5 nitrogen and oxygen atoms in total. The zero-order valence-corrected chi connectivity index (χ0v) is 18.3. The van der Waals surface area contributed by atoms with Crippen molar-refractivity contribution < 1.29 is 23.8 Å². The summed E-state index contributed by atoms with van der Waals surface area (Å²) in [7, 11) is 1.52. The van der Waals surface area contributed by atoms with E-state index in [1.165, 1.54) is 31.5 Å². The number of halogens is 2. The summed E-state index contributed by atoms with van der Waals surface area (Å²) in [4.78, 5) is 29.2. The number of Topliss-reactive ketones (excluding diaryl/α,β-unsaturated/α-hetero) is 1. The minimum absolute atomic E-state index is 0.104. The summed E-state index contributed by atoms with van der Waals surface area (Å²) >= 11 is 5.84. The van der Waals surface area contributed by atoms with Gasteiger partial charge in [-0.05, 0) is 71.3 Å². The number of methoxy groups -OCH3 is 1. The maximum Gasteiger partial charge on any atom is 0.335 e. The van der Waals surface area contributed by atoms with Crippen molar-refractivity contribution in [3.63, 3.8) is 0 Å². The average molecular weight is 464 g/mol. The van der Waals surface area contributed by atoms with Gasteiger partial charge in [-0.3, -0.25) is 9.79 Å². The molecule has 0 aromatic heterocycles. The van der Waals surface area contributed by atoms with E-state index in [1.54, 1.807) is 36.4 Å². The number of aliphatic imine (C=N–C) groups is 1. The summed E-state index contributed by atoms with van der Waals surface area (Å²) < 4.78 is 20.0. The number of carboxylic acids is 1. The van der Waals surface area contributed by atoms with Crippen LogP contribution in [0, 0.1) is 5.82 Å². The molecule has 0 fully saturated rings. The van der Waals surface area contributed by atoms with Crippen molar-refractivity contribution in [2.75, 3.05) is 7.11 Å². The van der Waals surface area contributed by atoms with Gasteiger partial charge in [0, 0.05) is 17.7 Å². The number of nitrogens with zero attached hydrogens (tertiary/aromatic N) is 1. The lowest BCUT2D eigenvalue weighted by Gasteiger charge is -2.24. The molecular weight excluding hydrogens is 445 g/mol. The highest BCUT2D eigenvalue weighted by Gasteiger charge is 2.39. The molecule has 1 N–H and O–H groups in total. The molecule has 1 aliphatic rings. The van der Waals surface area contributed by atoms with Gasteiger partial charge in [0.2, 0.25) is 0 Å². The molecule has 166 valence electrons. The first-order valence-electron chi connectivity index (χ1n) is 10.1. The quantitative estimate of drug-likeness (QED) is 0.459. The number of rotatable bonds is 7.